The first-order valence-corrected chi connectivity index (χ1v) is 10.1. The van der Waals surface area contributed by atoms with E-state index in [0.29, 0.717) is 38.9 Å². The molecule has 128 valence electrons. The van der Waals surface area contributed by atoms with Crippen molar-refractivity contribution in [3.8, 4) is 0 Å². The Hall–Kier alpha value is -0.660. The standard InChI is InChI=1S/C15H29N3O3S/c1-2-3-11-22(20,21)17-9-6-13(7-10-17)15(19)18-8-4-5-14(18)12-16/h13-14H,2-12,16H2,1H3. The Morgan fingerprint density at radius 1 is 1.18 bits per heavy atom. The highest BCUT2D eigenvalue weighted by atomic mass is 32.2. The summed E-state index contributed by atoms with van der Waals surface area (Å²) in [6.45, 7) is 4.27. The number of unbranched alkanes of at least 4 members (excludes halogenated alkanes) is 1. The molecular formula is C15H29N3O3S. The van der Waals surface area contributed by atoms with Gasteiger partial charge in [-0.1, -0.05) is 13.3 Å². The van der Waals surface area contributed by atoms with E-state index in [1.165, 1.54) is 0 Å². The van der Waals surface area contributed by atoms with Gasteiger partial charge in [-0.05, 0) is 32.1 Å². The lowest BCUT2D eigenvalue weighted by Gasteiger charge is -2.34. The summed E-state index contributed by atoms with van der Waals surface area (Å²) in [4.78, 5) is 14.5. The predicted molar refractivity (Wildman–Crippen MR) is 86.8 cm³/mol. The predicted octanol–water partition coefficient (Wildman–Crippen LogP) is 0.778. The molecule has 2 rings (SSSR count). The van der Waals surface area contributed by atoms with E-state index in [-0.39, 0.29) is 23.6 Å². The zero-order valence-electron chi connectivity index (χ0n) is 13.5. The second kappa shape index (κ2) is 7.75. The van der Waals surface area contributed by atoms with E-state index < -0.39 is 10.0 Å². The highest BCUT2D eigenvalue weighted by molar-refractivity contribution is 7.89. The Kier molecular flexibility index (Phi) is 6.23. The molecule has 2 aliphatic heterocycles. The molecule has 1 amide bonds. The van der Waals surface area contributed by atoms with Crippen LogP contribution in [0.2, 0.25) is 0 Å². The Bertz CT molecular complexity index is 472. The second-order valence-corrected chi connectivity index (χ2v) is 8.49. The average Bonchev–Trinajstić information content (AvgIpc) is 3.01. The van der Waals surface area contributed by atoms with E-state index in [4.69, 9.17) is 5.73 Å². The molecule has 0 spiro atoms. The van der Waals surface area contributed by atoms with Crippen molar-refractivity contribution in [1.29, 1.82) is 0 Å². The molecule has 0 saturated carbocycles. The van der Waals surface area contributed by atoms with Gasteiger partial charge in [-0.15, -0.1) is 0 Å². The van der Waals surface area contributed by atoms with Crippen LogP contribution in [0.1, 0.15) is 45.4 Å². The Labute approximate surface area is 134 Å². The van der Waals surface area contributed by atoms with Gasteiger partial charge >= 0.3 is 0 Å². The molecule has 7 heteroatoms. The van der Waals surface area contributed by atoms with Crippen LogP contribution in [-0.4, -0.2) is 61.5 Å². The molecule has 0 aromatic heterocycles. The van der Waals surface area contributed by atoms with E-state index in [0.717, 1.165) is 25.8 Å². The number of hydrogen-bond acceptors (Lipinski definition) is 4. The van der Waals surface area contributed by atoms with Crippen LogP contribution in [0.3, 0.4) is 0 Å². The van der Waals surface area contributed by atoms with Crippen molar-refractivity contribution in [2.24, 2.45) is 11.7 Å². The minimum Gasteiger partial charge on any atom is -0.338 e. The molecule has 2 aliphatic rings. The van der Waals surface area contributed by atoms with Crippen molar-refractivity contribution >= 4 is 15.9 Å². The van der Waals surface area contributed by atoms with E-state index in [2.05, 4.69) is 0 Å². The first kappa shape index (κ1) is 17.7. The summed E-state index contributed by atoms with van der Waals surface area (Å²) in [6.07, 6.45) is 4.87. The Morgan fingerprint density at radius 3 is 2.45 bits per heavy atom. The fourth-order valence-corrected chi connectivity index (χ4v) is 5.12. The van der Waals surface area contributed by atoms with Crippen LogP contribution in [-0.2, 0) is 14.8 Å². The summed E-state index contributed by atoms with van der Waals surface area (Å²) in [7, 11) is -3.14. The number of amides is 1. The van der Waals surface area contributed by atoms with Crippen LogP contribution in [0.15, 0.2) is 0 Å². The zero-order chi connectivity index (χ0) is 16.2. The lowest BCUT2D eigenvalue weighted by atomic mass is 9.96. The lowest BCUT2D eigenvalue weighted by Crippen LogP contribution is -2.47. The maximum absolute atomic E-state index is 12.6. The number of nitrogens with zero attached hydrogens (tertiary/aromatic N) is 2. The van der Waals surface area contributed by atoms with Gasteiger partial charge in [0.2, 0.25) is 15.9 Å². The summed E-state index contributed by atoms with van der Waals surface area (Å²) >= 11 is 0. The molecular weight excluding hydrogens is 302 g/mol. The van der Waals surface area contributed by atoms with Gasteiger partial charge in [0.05, 0.1) is 5.75 Å². The van der Waals surface area contributed by atoms with Crippen molar-refractivity contribution in [2.45, 2.75) is 51.5 Å². The number of carbonyl (C=O) groups excluding carboxylic acids is 1. The minimum absolute atomic E-state index is 0.0372. The van der Waals surface area contributed by atoms with Gasteiger partial charge in [0.25, 0.3) is 0 Å². The molecule has 0 radical (unpaired) electrons. The molecule has 1 unspecified atom stereocenters. The Balaban J connectivity index is 1.88. The van der Waals surface area contributed by atoms with Gasteiger partial charge in [-0.3, -0.25) is 4.79 Å². The van der Waals surface area contributed by atoms with Crippen molar-refractivity contribution in [3.05, 3.63) is 0 Å². The molecule has 0 aromatic rings. The fourth-order valence-electron chi connectivity index (χ4n) is 3.44. The zero-order valence-corrected chi connectivity index (χ0v) is 14.4. The van der Waals surface area contributed by atoms with Gasteiger partial charge in [-0.25, -0.2) is 12.7 Å². The molecule has 0 bridgehead atoms. The molecule has 1 atom stereocenters. The SMILES string of the molecule is CCCCS(=O)(=O)N1CCC(C(=O)N2CCCC2CN)CC1. The van der Waals surface area contributed by atoms with E-state index >= 15 is 0 Å². The number of rotatable bonds is 6. The summed E-state index contributed by atoms with van der Waals surface area (Å²) in [5.74, 6) is 0.368. The van der Waals surface area contributed by atoms with Crippen LogP contribution in [0.4, 0.5) is 0 Å². The van der Waals surface area contributed by atoms with Crippen LogP contribution >= 0.6 is 0 Å². The number of likely N-dealkylation sites (tertiary alicyclic amines) is 1. The second-order valence-electron chi connectivity index (χ2n) is 6.41. The third-order valence-electron chi connectivity index (χ3n) is 4.88. The van der Waals surface area contributed by atoms with Gasteiger partial charge in [0.15, 0.2) is 0 Å². The smallest absolute Gasteiger partial charge is 0.226 e. The third kappa shape index (κ3) is 4.00. The number of nitrogens with two attached hydrogens (primary N) is 1. The fraction of sp³-hybridized carbons (Fsp3) is 0.933. The molecule has 2 saturated heterocycles. The normalized spacial score (nSPS) is 24.8. The Morgan fingerprint density at radius 2 is 1.86 bits per heavy atom. The van der Waals surface area contributed by atoms with Crippen molar-refractivity contribution in [3.63, 3.8) is 0 Å². The van der Waals surface area contributed by atoms with Crippen molar-refractivity contribution in [2.75, 3.05) is 31.9 Å². The molecule has 6 nitrogen and oxygen atoms in total. The number of piperidine rings is 1. The first-order valence-electron chi connectivity index (χ1n) is 8.48. The number of sulfonamides is 1. The summed E-state index contributed by atoms with van der Waals surface area (Å²) < 4.78 is 25.9. The van der Waals surface area contributed by atoms with Crippen LogP contribution in [0.5, 0.6) is 0 Å². The monoisotopic (exact) mass is 331 g/mol. The highest BCUT2D eigenvalue weighted by Gasteiger charge is 2.36. The maximum atomic E-state index is 12.6. The number of carbonyl (C=O) groups is 1. The van der Waals surface area contributed by atoms with Crippen molar-refractivity contribution in [1.82, 2.24) is 9.21 Å². The molecule has 2 fully saturated rings. The molecule has 2 heterocycles. The minimum atomic E-state index is -3.14. The van der Waals surface area contributed by atoms with E-state index in [1.54, 1.807) is 4.31 Å². The molecule has 2 N–H and O–H groups in total. The van der Waals surface area contributed by atoms with Crippen LogP contribution < -0.4 is 5.73 Å². The van der Waals surface area contributed by atoms with Crippen LogP contribution in [0, 0.1) is 5.92 Å². The third-order valence-corrected chi connectivity index (χ3v) is 6.84. The number of hydrogen-bond donors (Lipinski definition) is 1. The molecule has 22 heavy (non-hydrogen) atoms. The van der Waals surface area contributed by atoms with Gasteiger partial charge in [-0.2, -0.15) is 0 Å². The molecule has 0 aliphatic carbocycles. The van der Waals surface area contributed by atoms with Gasteiger partial charge in [0, 0.05) is 38.1 Å². The maximum Gasteiger partial charge on any atom is 0.226 e. The highest BCUT2D eigenvalue weighted by Crippen LogP contribution is 2.26. The quantitative estimate of drug-likeness (QED) is 0.779. The summed E-state index contributed by atoms with van der Waals surface area (Å²) in [5.41, 5.74) is 5.74. The average molecular weight is 331 g/mol. The summed E-state index contributed by atoms with van der Waals surface area (Å²) in [5, 5.41) is 0. The van der Waals surface area contributed by atoms with Crippen LogP contribution in [0.25, 0.3) is 0 Å². The van der Waals surface area contributed by atoms with E-state index in [9.17, 15) is 13.2 Å². The summed E-state index contributed by atoms with van der Waals surface area (Å²) in [6, 6.07) is 0.179. The largest absolute Gasteiger partial charge is 0.338 e. The van der Waals surface area contributed by atoms with Crippen molar-refractivity contribution < 1.29 is 13.2 Å². The topological polar surface area (TPSA) is 83.7 Å². The van der Waals surface area contributed by atoms with Gasteiger partial charge < -0.3 is 10.6 Å². The van der Waals surface area contributed by atoms with E-state index in [1.807, 2.05) is 11.8 Å². The molecule has 0 aromatic carbocycles. The lowest BCUT2D eigenvalue weighted by molar-refractivity contribution is -0.137. The van der Waals surface area contributed by atoms with Gasteiger partial charge in [0.1, 0.15) is 0 Å². The first-order chi connectivity index (χ1) is 10.5.